The minimum absolute atomic E-state index is 0.508. The van der Waals surface area contributed by atoms with Crippen LogP contribution < -0.4 is 9.47 Å². The van der Waals surface area contributed by atoms with Crippen molar-refractivity contribution in [3.63, 3.8) is 0 Å². The Labute approximate surface area is 102 Å². The number of methoxy groups -OCH3 is 1. The highest BCUT2D eigenvalue weighted by Crippen LogP contribution is 2.29. The lowest BCUT2D eigenvalue weighted by atomic mass is 10.1. The second kappa shape index (κ2) is 6.82. The zero-order chi connectivity index (χ0) is 12.7. The first kappa shape index (κ1) is 13.4. The molecule has 0 saturated heterocycles. The molecule has 0 amide bonds. The Morgan fingerprint density at radius 2 is 2.18 bits per heavy atom. The van der Waals surface area contributed by atoms with Gasteiger partial charge in [0.25, 0.3) is 0 Å². The molecule has 1 aromatic carbocycles. The molecule has 3 nitrogen and oxygen atoms in total. The predicted octanol–water partition coefficient (Wildman–Crippen LogP) is 2.54. The Morgan fingerprint density at radius 3 is 2.76 bits per heavy atom. The molecule has 0 radical (unpaired) electrons. The molecule has 0 fully saturated rings. The van der Waals surface area contributed by atoms with Crippen molar-refractivity contribution in [2.24, 2.45) is 0 Å². The maximum atomic E-state index is 9.62. The van der Waals surface area contributed by atoms with E-state index in [4.69, 9.17) is 9.47 Å². The van der Waals surface area contributed by atoms with E-state index in [1.165, 1.54) is 0 Å². The molecule has 0 spiro atoms. The third-order valence-corrected chi connectivity index (χ3v) is 2.33. The quantitative estimate of drug-likeness (QED) is 0.628. The van der Waals surface area contributed by atoms with Crippen LogP contribution in [0.2, 0.25) is 0 Å². The van der Waals surface area contributed by atoms with Gasteiger partial charge in [0.15, 0.2) is 0 Å². The third kappa shape index (κ3) is 4.01. The molecule has 1 N–H and O–H groups in total. The Kier molecular flexibility index (Phi) is 5.38. The van der Waals surface area contributed by atoms with Gasteiger partial charge in [0.2, 0.25) is 0 Å². The van der Waals surface area contributed by atoms with Crippen LogP contribution in [-0.2, 0) is 0 Å². The molecule has 17 heavy (non-hydrogen) atoms. The Hall–Kier alpha value is -1.66. The molecule has 0 aliphatic carbocycles. The lowest BCUT2D eigenvalue weighted by Gasteiger charge is -2.14. The molecular weight excluding hydrogens is 216 g/mol. The molecule has 1 atom stereocenters. The lowest BCUT2D eigenvalue weighted by molar-refractivity contribution is 0.191. The number of ether oxygens (including phenoxy) is 2. The number of aliphatic hydroxyl groups is 1. The van der Waals surface area contributed by atoms with E-state index in [2.05, 4.69) is 11.8 Å². The summed E-state index contributed by atoms with van der Waals surface area (Å²) >= 11 is 0. The smallest absolute Gasteiger partial charge is 0.128 e. The van der Waals surface area contributed by atoms with Gasteiger partial charge in [0.1, 0.15) is 11.5 Å². The van der Waals surface area contributed by atoms with Gasteiger partial charge < -0.3 is 14.6 Å². The van der Waals surface area contributed by atoms with Crippen LogP contribution in [0.4, 0.5) is 0 Å². The maximum Gasteiger partial charge on any atom is 0.128 e. The van der Waals surface area contributed by atoms with Crippen LogP contribution in [-0.4, -0.2) is 18.8 Å². The van der Waals surface area contributed by atoms with Gasteiger partial charge in [0, 0.05) is 18.1 Å². The van der Waals surface area contributed by atoms with Gasteiger partial charge >= 0.3 is 0 Å². The lowest BCUT2D eigenvalue weighted by Crippen LogP contribution is -2.02. The number of aliphatic hydroxyl groups excluding tert-OH is 1. The summed E-state index contributed by atoms with van der Waals surface area (Å²) in [6.07, 6.45) is 0.112. The highest BCUT2D eigenvalue weighted by atomic mass is 16.5. The summed E-state index contributed by atoms with van der Waals surface area (Å²) in [7, 11) is 1.60. The number of hydrogen-bond donors (Lipinski definition) is 1. The van der Waals surface area contributed by atoms with Gasteiger partial charge in [-0.25, -0.2) is 0 Å². The van der Waals surface area contributed by atoms with E-state index in [1.807, 2.05) is 6.07 Å². The van der Waals surface area contributed by atoms with Crippen LogP contribution in [0.25, 0.3) is 0 Å². The maximum absolute atomic E-state index is 9.62. The van der Waals surface area contributed by atoms with Crippen LogP contribution in [0, 0.1) is 11.8 Å². The fourth-order valence-corrected chi connectivity index (χ4v) is 1.45. The summed E-state index contributed by atoms with van der Waals surface area (Å²) in [6, 6.07) is 5.40. The van der Waals surface area contributed by atoms with Gasteiger partial charge in [-0.2, -0.15) is 0 Å². The normalized spacial score (nSPS) is 11.3. The average molecular weight is 234 g/mol. The Bertz CT molecular complexity index is 413. The van der Waals surface area contributed by atoms with E-state index in [0.29, 0.717) is 24.5 Å². The number of rotatable bonds is 5. The van der Waals surface area contributed by atoms with Crippen LogP contribution in [0.3, 0.4) is 0 Å². The standard InChI is InChI=1S/C14H18O3/c1-4-5-6-9-17-14-10-12(16-3)7-8-13(14)11(2)15/h7-8,10-11,15H,6,9H2,1-3H3/t11-/m1/s1. The molecule has 0 aromatic heterocycles. The molecule has 3 heteroatoms. The minimum Gasteiger partial charge on any atom is -0.497 e. The zero-order valence-corrected chi connectivity index (χ0v) is 10.5. The van der Waals surface area contributed by atoms with E-state index >= 15 is 0 Å². The molecule has 0 aliphatic heterocycles. The van der Waals surface area contributed by atoms with Gasteiger partial charge in [0.05, 0.1) is 19.8 Å². The Balaban J connectivity index is 2.80. The number of hydrogen-bond acceptors (Lipinski definition) is 3. The van der Waals surface area contributed by atoms with Gasteiger partial charge in [-0.05, 0) is 26.0 Å². The topological polar surface area (TPSA) is 38.7 Å². The SMILES string of the molecule is CC#CCCOc1cc(OC)ccc1[C@@H](C)O. The van der Waals surface area contributed by atoms with E-state index in [1.54, 1.807) is 33.1 Å². The van der Waals surface area contributed by atoms with Crippen LogP contribution in [0.5, 0.6) is 11.5 Å². The molecule has 0 saturated carbocycles. The van der Waals surface area contributed by atoms with Crippen molar-refractivity contribution < 1.29 is 14.6 Å². The first-order chi connectivity index (χ1) is 8.19. The van der Waals surface area contributed by atoms with E-state index < -0.39 is 6.10 Å². The summed E-state index contributed by atoms with van der Waals surface area (Å²) in [5.74, 6) is 7.10. The molecular formula is C14H18O3. The van der Waals surface area contributed by atoms with Crippen molar-refractivity contribution in [1.29, 1.82) is 0 Å². The van der Waals surface area contributed by atoms with Crippen molar-refractivity contribution in [3.8, 4) is 23.3 Å². The van der Waals surface area contributed by atoms with Crippen molar-refractivity contribution in [2.75, 3.05) is 13.7 Å². The summed E-state index contributed by atoms with van der Waals surface area (Å²) in [5.41, 5.74) is 0.759. The predicted molar refractivity (Wildman–Crippen MR) is 67.2 cm³/mol. The second-order valence-corrected chi connectivity index (χ2v) is 3.60. The minimum atomic E-state index is -0.562. The molecule has 0 unspecified atom stereocenters. The van der Waals surface area contributed by atoms with Crippen molar-refractivity contribution in [3.05, 3.63) is 23.8 Å². The summed E-state index contributed by atoms with van der Waals surface area (Å²) in [5, 5.41) is 9.62. The molecule has 1 rings (SSSR count). The first-order valence-electron chi connectivity index (χ1n) is 5.57. The molecule has 0 aliphatic rings. The molecule has 0 heterocycles. The zero-order valence-electron chi connectivity index (χ0n) is 10.5. The Morgan fingerprint density at radius 1 is 1.41 bits per heavy atom. The fraction of sp³-hybridized carbons (Fsp3) is 0.429. The van der Waals surface area contributed by atoms with Crippen LogP contribution in [0.15, 0.2) is 18.2 Å². The first-order valence-corrected chi connectivity index (χ1v) is 5.57. The van der Waals surface area contributed by atoms with E-state index in [0.717, 1.165) is 5.56 Å². The van der Waals surface area contributed by atoms with Crippen LogP contribution in [0.1, 0.15) is 31.9 Å². The van der Waals surface area contributed by atoms with Gasteiger partial charge in [-0.1, -0.05) is 0 Å². The fourth-order valence-electron chi connectivity index (χ4n) is 1.45. The molecule has 0 bridgehead atoms. The average Bonchev–Trinajstić information content (AvgIpc) is 2.34. The second-order valence-electron chi connectivity index (χ2n) is 3.60. The van der Waals surface area contributed by atoms with Crippen molar-refractivity contribution in [1.82, 2.24) is 0 Å². The van der Waals surface area contributed by atoms with E-state index in [9.17, 15) is 5.11 Å². The summed E-state index contributed by atoms with van der Waals surface area (Å²) in [4.78, 5) is 0. The third-order valence-electron chi connectivity index (χ3n) is 2.33. The molecule has 92 valence electrons. The highest BCUT2D eigenvalue weighted by molar-refractivity contribution is 5.41. The van der Waals surface area contributed by atoms with E-state index in [-0.39, 0.29) is 0 Å². The van der Waals surface area contributed by atoms with Gasteiger partial charge in [-0.15, -0.1) is 11.8 Å². The monoisotopic (exact) mass is 234 g/mol. The van der Waals surface area contributed by atoms with Gasteiger partial charge in [-0.3, -0.25) is 0 Å². The van der Waals surface area contributed by atoms with Crippen LogP contribution >= 0.6 is 0 Å². The highest BCUT2D eigenvalue weighted by Gasteiger charge is 2.10. The largest absolute Gasteiger partial charge is 0.497 e. The molecule has 1 aromatic rings. The van der Waals surface area contributed by atoms with Crippen molar-refractivity contribution in [2.45, 2.75) is 26.4 Å². The number of benzene rings is 1. The summed E-state index contributed by atoms with van der Waals surface area (Å²) in [6.45, 7) is 4.01. The summed E-state index contributed by atoms with van der Waals surface area (Å²) < 4.78 is 10.7. The van der Waals surface area contributed by atoms with Crippen molar-refractivity contribution >= 4 is 0 Å².